The van der Waals surface area contributed by atoms with Crippen LogP contribution >= 0.6 is 0 Å². The van der Waals surface area contributed by atoms with Gasteiger partial charge in [-0.3, -0.25) is 14.8 Å². The molecular formula is C22H19F2N5O2. The number of benzene rings is 1. The predicted octanol–water partition coefficient (Wildman–Crippen LogP) is 2.76. The first kappa shape index (κ1) is 20.5. The first-order chi connectivity index (χ1) is 14.8. The molecule has 158 valence electrons. The summed E-state index contributed by atoms with van der Waals surface area (Å²) in [5.74, 6) is -0.940. The molecule has 0 fully saturated rings. The number of halogens is 2. The number of rotatable bonds is 5. The molecule has 3 aromatic rings. The van der Waals surface area contributed by atoms with Gasteiger partial charge in [-0.1, -0.05) is 6.07 Å². The van der Waals surface area contributed by atoms with Crippen LogP contribution in [0.25, 0.3) is 0 Å². The number of ether oxygens (including phenoxy) is 1. The van der Waals surface area contributed by atoms with E-state index >= 15 is 0 Å². The van der Waals surface area contributed by atoms with E-state index in [4.69, 9.17) is 10.5 Å². The van der Waals surface area contributed by atoms with Crippen LogP contribution in [0.5, 0.6) is 5.88 Å². The third-order valence-electron chi connectivity index (χ3n) is 5.27. The zero-order chi connectivity index (χ0) is 22.2. The number of aromatic nitrogens is 3. The average Bonchev–Trinajstić information content (AvgIpc) is 2.76. The highest BCUT2D eigenvalue weighted by atomic mass is 19.1. The zero-order valence-electron chi connectivity index (χ0n) is 16.9. The van der Waals surface area contributed by atoms with Crippen molar-refractivity contribution in [1.82, 2.24) is 15.0 Å². The third-order valence-corrected chi connectivity index (χ3v) is 5.27. The van der Waals surface area contributed by atoms with Gasteiger partial charge in [0.1, 0.15) is 23.2 Å². The summed E-state index contributed by atoms with van der Waals surface area (Å²) in [6, 6.07) is 4.35. The number of pyridine rings is 1. The van der Waals surface area contributed by atoms with E-state index in [0.717, 1.165) is 6.20 Å². The maximum Gasteiger partial charge on any atom is 0.232 e. The molecule has 0 amide bonds. The fraction of sp³-hybridized carbons (Fsp3) is 0.227. The molecule has 4 rings (SSSR count). The molecule has 0 saturated heterocycles. The second-order valence-electron chi connectivity index (χ2n) is 7.45. The fourth-order valence-electron chi connectivity index (χ4n) is 3.66. The molecule has 0 saturated carbocycles. The summed E-state index contributed by atoms with van der Waals surface area (Å²) in [4.78, 5) is 28.9. The Morgan fingerprint density at radius 3 is 2.68 bits per heavy atom. The first-order valence-electron chi connectivity index (χ1n) is 9.47. The summed E-state index contributed by atoms with van der Waals surface area (Å²) in [7, 11) is 1.45. The second kappa shape index (κ2) is 7.82. The van der Waals surface area contributed by atoms with E-state index in [9.17, 15) is 13.6 Å². The summed E-state index contributed by atoms with van der Waals surface area (Å²) in [6.07, 6.45) is 5.31. The van der Waals surface area contributed by atoms with E-state index in [1.54, 1.807) is 13.0 Å². The molecule has 1 aliphatic rings. The number of hydrogen-bond acceptors (Lipinski definition) is 7. The van der Waals surface area contributed by atoms with Gasteiger partial charge in [0, 0.05) is 35.7 Å². The Bertz CT molecular complexity index is 1200. The molecule has 0 spiro atoms. The number of nitrogens with two attached hydrogens (primary N) is 1. The Balaban J connectivity index is 1.66. The van der Waals surface area contributed by atoms with Crippen molar-refractivity contribution in [3.05, 3.63) is 82.6 Å². The van der Waals surface area contributed by atoms with Crippen molar-refractivity contribution in [2.45, 2.75) is 25.3 Å². The van der Waals surface area contributed by atoms with Crippen LogP contribution in [0.3, 0.4) is 0 Å². The largest absolute Gasteiger partial charge is 0.480 e. The molecule has 0 bridgehead atoms. The van der Waals surface area contributed by atoms with Crippen LogP contribution in [-0.2, 0) is 18.4 Å². The molecule has 1 aliphatic heterocycles. The van der Waals surface area contributed by atoms with E-state index < -0.39 is 17.2 Å². The number of amidine groups is 1. The SMILES string of the molecule is COc1cnc(C(=O)Cc2ccc(F)c(C3(C)Cc4c(F)cncc4C(N)=N3)c2)cn1. The number of nitrogens with zero attached hydrogens (tertiary/aromatic N) is 4. The van der Waals surface area contributed by atoms with Crippen molar-refractivity contribution in [3.8, 4) is 5.88 Å². The van der Waals surface area contributed by atoms with Gasteiger partial charge in [0.05, 0.1) is 31.2 Å². The minimum Gasteiger partial charge on any atom is -0.480 e. The molecule has 3 heterocycles. The number of fused-ring (bicyclic) bond motifs is 1. The predicted molar refractivity (Wildman–Crippen MR) is 109 cm³/mol. The number of methoxy groups -OCH3 is 1. The van der Waals surface area contributed by atoms with Crippen LogP contribution < -0.4 is 10.5 Å². The molecule has 0 radical (unpaired) electrons. The lowest BCUT2D eigenvalue weighted by molar-refractivity contribution is 0.0987. The van der Waals surface area contributed by atoms with E-state index in [2.05, 4.69) is 19.9 Å². The van der Waals surface area contributed by atoms with Gasteiger partial charge in [-0.25, -0.2) is 18.7 Å². The Hall–Kier alpha value is -3.75. The zero-order valence-corrected chi connectivity index (χ0v) is 16.9. The van der Waals surface area contributed by atoms with Crippen LogP contribution in [0.4, 0.5) is 8.78 Å². The van der Waals surface area contributed by atoms with Crippen molar-refractivity contribution in [3.63, 3.8) is 0 Å². The standard InChI is InChI=1S/C22H19F2N5O2/c1-22(7-13-14(21(25)29-22)8-26-9-17(13)24)15-5-12(3-4-16(15)23)6-19(30)18-10-28-20(31-2)11-27-18/h3-5,8-11H,6-7H2,1-2H3,(H2,25,29). The lowest BCUT2D eigenvalue weighted by atomic mass is 9.81. The quantitative estimate of drug-likeness (QED) is 0.633. The molecule has 2 N–H and O–H groups in total. The van der Waals surface area contributed by atoms with E-state index in [1.165, 1.54) is 37.8 Å². The number of hydrogen-bond donors (Lipinski definition) is 1. The van der Waals surface area contributed by atoms with Crippen LogP contribution in [0.2, 0.25) is 0 Å². The summed E-state index contributed by atoms with van der Waals surface area (Å²) in [5, 5.41) is 0. The fourth-order valence-corrected chi connectivity index (χ4v) is 3.66. The third kappa shape index (κ3) is 3.86. The minimum absolute atomic E-state index is 0.0154. The lowest BCUT2D eigenvalue weighted by Gasteiger charge is -2.32. The Labute approximate surface area is 177 Å². The number of carbonyl (C=O) groups excluding carboxylic acids is 1. The van der Waals surface area contributed by atoms with Gasteiger partial charge >= 0.3 is 0 Å². The second-order valence-corrected chi connectivity index (χ2v) is 7.45. The molecule has 9 heteroatoms. The van der Waals surface area contributed by atoms with Gasteiger partial charge in [-0.2, -0.15) is 0 Å². The van der Waals surface area contributed by atoms with Crippen molar-refractivity contribution in [2.24, 2.45) is 10.7 Å². The van der Waals surface area contributed by atoms with Gasteiger partial charge < -0.3 is 10.5 Å². The summed E-state index contributed by atoms with van der Waals surface area (Å²) >= 11 is 0. The molecule has 31 heavy (non-hydrogen) atoms. The van der Waals surface area contributed by atoms with Gasteiger partial charge in [-0.15, -0.1) is 0 Å². The summed E-state index contributed by atoms with van der Waals surface area (Å²) in [5.41, 5.74) is 6.60. The molecular weight excluding hydrogens is 404 g/mol. The van der Waals surface area contributed by atoms with E-state index in [1.807, 2.05) is 0 Å². The molecule has 1 atom stereocenters. The Kier molecular flexibility index (Phi) is 5.18. The maximum atomic E-state index is 14.8. The number of ketones is 1. The summed E-state index contributed by atoms with van der Waals surface area (Å²) < 4.78 is 34.1. The molecule has 1 aromatic carbocycles. The number of Topliss-reactive ketones (excluding diaryl/α,β-unsaturated/α-hetero) is 1. The van der Waals surface area contributed by atoms with Crippen LogP contribution in [0, 0.1) is 11.6 Å². The number of carbonyl (C=O) groups is 1. The van der Waals surface area contributed by atoms with E-state index in [0.29, 0.717) is 22.6 Å². The summed E-state index contributed by atoms with van der Waals surface area (Å²) in [6.45, 7) is 1.68. The molecule has 2 aromatic heterocycles. The van der Waals surface area contributed by atoms with Gasteiger partial charge in [0.2, 0.25) is 5.88 Å². The highest BCUT2D eigenvalue weighted by Crippen LogP contribution is 2.37. The van der Waals surface area contributed by atoms with Crippen LogP contribution in [0.15, 0.2) is 48.0 Å². The van der Waals surface area contributed by atoms with Gasteiger partial charge in [0.25, 0.3) is 0 Å². The Morgan fingerprint density at radius 1 is 1.16 bits per heavy atom. The van der Waals surface area contributed by atoms with Gasteiger partial charge in [-0.05, 0) is 24.6 Å². The molecule has 1 unspecified atom stereocenters. The monoisotopic (exact) mass is 423 g/mol. The van der Waals surface area contributed by atoms with Crippen molar-refractivity contribution in [2.75, 3.05) is 7.11 Å². The lowest BCUT2D eigenvalue weighted by Crippen LogP contribution is -2.35. The maximum absolute atomic E-state index is 14.8. The van der Waals surface area contributed by atoms with Crippen LogP contribution in [0.1, 0.15) is 39.7 Å². The topological polar surface area (TPSA) is 103 Å². The van der Waals surface area contributed by atoms with Crippen molar-refractivity contribution < 1.29 is 18.3 Å². The number of aliphatic imine (C=N–C) groups is 1. The van der Waals surface area contributed by atoms with Crippen molar-refractivity contribution >= 4 is 11.6 Å². The van der Waals surface area contributed by atoms with E-state index in [-0.39, 0.29) is 35.7 Å². The Morgan fingerprint density at radius 2 is 1.97 bits per heavy atom. The smallest absolute Gasteiger partial charge is 0.232 e. The average molecular weight is 423 g/mol. The highest BCUT2D eigenvalue weighted by Gasteiger charge is 2.36. The van der Waals surface area contributed by atoms with Gasteiger partial charge in [0.15, 0.2) is 5.78 Å². The highest BCUT2D eigenvalue weighted by molar-refractivity contribution is 6.00. The first-order valence-corrected chi connectivity index (χ1v) is 9.47. The molecule has 0 aliphatic carbocycles. The van der Waals surface area contributed by atoms with Crippen molar-refractivity contribution in [1.29, 1.82) is 0 Å². The normalized spacial score (nSPS) is 17.6. The molecule has 7 nitrogen and oxygen atoms in total. The minimum atomic E-state index is -1.14. The van der Waals surface area contributed by atoms with Crippen LogP contribution in [-0.4, -0.2) is 33.7 Å².